The number of likely N-dealkylation sites (N-methyl/N-ethyl adjacent to an activating group) is 1. The molecule has 1 N–H and O–H groups in total. The molecule has 2 aliphatic heterocycles. The zero-order chi connectivity index (χ0) is 19.7. The van der Waals surface area contributed by atoms with Crippen LogP contribution in [0, 0.1) is 0 Å². The number of hydrogen-bond donors (Lipinski definition) is 1. The van der Waals surface area contributed by atoms with Gasteiger partial charge >= 0.3 is 0 Å². The van der Waals surface area contributed by atoms with E-state index in [1.54, 1.807) is 4.90 Å². The molecule has 1 aromatic heterocycles. The summed E-state index contributed by atoms with van der Waals surface area (Å²) in [5.74, 6) is 0.915. The molecule has 154 valence electrons. The van der Waals surface area contributed by atoms with Gasteiger partial charge in [0.2, 0.25) is 5.91 Å². The molecule has 0 aromatic carbocycles. The Labute approximate surface area is 167 Å². The number of aromatic nitrogens is 2. The van der Waals surface area contributed by atoms with E-state index in [9.17, 15) is 9.59 Å². The smallest absolute Gasteiger partial charge is 0.256 e. The number of aromatic amines is 1. The van der Waals surface area contributed by atoms with Crippen molar-refractivity contribution in [2.45, 2.75) is 70.0 Å². The summed E-state index contributed by atoms with van der Waals surface area (Å²) in [4.78, 5) is 39.5. The molecule has 7 nitrogen and oxygen atoms in total. The third kappa shape index (κ3) is 4.01. The monoisotopic (exact) mass is 387 g/mol. The number of fused-ring (bicyclic) bond motifs is 1. The van der Waals surface area contributed by atoms with E-state index in [1.807, 2.05) is 19.0 Å². The van der Waals surface area contributed by atoms with Gasteiger partial charge in [-0.2, -0.15) is 0 Å². The molecule has 7 heteroatoms. The number of H-pyrrole nitrogens is 1. The van der Waals surface area contributed by atoms with E-state index in [4.69, 9.17) is 4.98 Å². The molecule has 4 rings (SSSR count). The van der Waals surface area contributed by atoms with Gasteiger partial charge in [-0.3, -0.25) is 14.5 Å². The van der Waals surface area contributed by atoms with Crippen molar-refractivity contribution in [2.24, 2.45) is 0 Å². The van der Waals surface area contributed by atoms with Crippen molar-refractivity contribution in [3.05, 3.63) is 27.4 Å². The number of nitrogens with zero attached hydrogens (tertiary/aromatic N) is 4. The van der Waals surface area contributed by atoms with E-state index >= 15 is 0 Å². The standard InChI is InChI=1S/C21H33N5O2/c1-24(2)14-19(27)25-12-10-17-16(13-25)21(28)23-20(22-17)18-9-6-11-26(18)15-7-4-3-5-8-15/h15,18H,3-14H2,1-2H3,(H,22,23,28)/t18-/m1/s1. The zero-order valence-corrected chi connectivity index (χ0v) is 17.2. The van der Waals surface area contributed by atoms with Gasteiger partial charge in [0.15, 0.2) is 0 Å². The van der Waals surface area contributed by atoms with Gasteiger partial charge in [0.1, 0.15) is 5.82 Å². The van der Waals surface area contributed by atoms with Crippen LogP contribution >= 0.6 is 0 Å². The average molecular weight is 388 g/mol. The Balaban J connectivity index is 1.53. The van der Waals surface area contributed by atoms with Crippen LogP contribution in [0.15, 0.2) is 4.79 Å². The maximum Gasteiger partial charge on any atom is 0.256 e. The van der Waals surface area contributed by atoms with Crippen LogP contribution in [0.3, 0.4) is 0 Å². The molecule has 1 aromatic rings. The molecular formula is C21H33N5O2. The lowest BCUT2D eigenvalue weighted by atomic mass is 9.93. The van der Waals surface area contributed by atoms with E-state index in [0.29, 0.717) is 37.7 Å². The highest BCUT2D eigenvalue weighted by Gasteiger charge is 2.35. The third-order valence-electron chi connectivity index (χ3n) is 6.54. The number of hydrogen-bond acceptors (Lipinski definition) is 5. The van der Waals surface area contributed by atoms with Crippen LogP contribution < -0.4 is 5.56 Å². The van der Waals surface area contributed by atoms with Crippen molar-refractivity contribution < 1.29 is 4.79 Å². The van der Waals surface area contributed by atoms with Gasteiger partial charge in [0, 0.05) is 19.0 Å². The first-order valence-electron chi connectivity index (χ1n) is 10.8. The summed E-state index contributed by atoms with van der Waals surface area (Å²) in [6, 6.07) is 0.885. The van der Waals surface area contributed by atoms with Gasteiger partial charge in [0.05, 0.1) is 30.4 Å². The number of likely N-dealkylation sites (tertiary alicyclic amines) is 1. The minimum absolute atomic E-state index is 0.0575. The Hall–Kier alpha value is -1.73. The van der Waals surface area contributed by atoms with Crippen molar-refractivity contribution in [3.8, 4) is 0 Å². The normalized spacial score (nSPS) is 24.0. The maximum atomic E-state index is 12.9. The van der Waals surface area contributed by atoms with Crippen molar-refractivity contribution in [1.29, 1.82) is 0 Å². The van der Waals surface area contributed by atoms with Crippen molar-refractivity contribution >= 4 is 5.91 Å². The lowest BCUT2D eigenvalue weighted by Crippen LogP contribution is -2.44. The Morgan fingerprint density at radius 2 is 1.93 bits per heavy atom. The highest BCUT2D eigenvalue weighted by molar-refractivity contribution is 5.78. The molecular weight excluding hydrogens is 354 g/mol. The van der Waals surface area contributed by atoms with Gasteiger partial charge in [-0.1, -0.05) is 19.3 Å². The molecule has 0 unspecified atom stereocenters. The Morgan fingerprint density at radius 3 is 2.68 bits per heavy atom. The molecule has 1 amide bonds. The van der Waals surface area contributed by atoms with Crippen molar-refractivity contribution in [3.63, 3.8) is 0 Å². The molecule has 1 aliphatic carbocycles. The van der Waals surface area contributed by atoms with Gasteiger partial charge < -0.3 is 14.8 Å². The van der Waals surface area contributed by atoms with Gasteiger partial charge in [-0.15, -0.1) is 0 Å². The second kappa shape index (κ2) is 8.33. The van der Waals surface area contributed by atoms with Crippen LogP contribution in [-0.2, 0) is 17.8 Å². The Bertz CT molecular complexity index is 769. The van der Waals surface area contributed by atoms with Crippen molar-refractivity contribution in [1.82, 2.24) is 24.7 Å². The molecule has 3 heterocycles. The molecule has 1 saturated carbocycles. The van der Waals surface area contributed by atoms with E-state index in [-0.39, 0.29) is 17.5 Å². The number of carbonyl (C=O) groups is 1. The fourth-order valence-corrected chi connectivity index (χ4v) is 5.12. The summed E-state index contributed by atoms with van der Waals surface area (Å²) < 4.78 is 0. The highest BCUT2D eigenvalue weighted by atomic mass is 16.2. The summed E-state index contributed by atoms with van der Waals surface area (Å²) in [5, 5.41) is 0. The van der Waals surface area contributed by atoms with Crippen LogP contribution in [0.25, 0.3) is 0 Å². The minimum Gasteiger partial charge on any atom is -0.337 e. The first-order chi connectivity index (χ1) is 13.5. The van der Waals surface area contributed by atoms with Gasteiger partial charge in [0.25, 0.3) is 5.56 Å². The summed E-state index contributed by atoms with van der Waals surface area (Å²) in [6.07, 6.45) is 9.45. The van der Waals surface area contributed by atoms with E-state index in [2.05, 4.69) is 9.88 Å². The number of rotatable bonds is 4. The predicted octanol–water partition coefficient (Wildman–Crippen LogP) is 1.69. The second-order valence-electron chi connectivity index (χ2n) is 8.87. The van der Waals surface area contributed by atoms with Crippen LogP contribution in [0.5, 0.6) is 0 Å². The first kappa shape index (κ1) is 19.6. The van der Waals surface area contributed by atoms with Crippen LogP contribution in [-0.4, -0.2) is 70.3 Å². The largest absolute Gasteiger partial charge is 0.337 e. The SMILES string of the molecule is CN(C)CC(=O)N1CCc2nc([C@H]3CCCN3C3CCCCC3)[nH]c(=O)c2C1. The zero-order valence-electron chi connectivity index (χ0n) is 17.2. The fraction of sp³-hybridized carbons (Fsp3) is 0.762. The fourth-order valence-electron chi connectivity index (χ4n) is 5.12. The van der Waals surface area contributed by atoms with E-state index < -0.39 is 0 Å². The molecule has 0 bridgehead atoms. The van der Waals surface area contributed by atoms with Crippen molar-refractivity contribution in [2.75, 3.05) is 33.7 Å². The molecule has 2 fully saturated rings. The lowest BCUT2D eigenvalue weighted by molar-refractivity contribution is -0.132. The number of amides is 1. The average Bonchev–Trinajstić information content (AvgIpc) is 3.18. The van der Waals surface area contributed by atoms with Gasteiger partial charge in [-0.05, 0) is 46.3 Å². The molecule has 3 aliphatic rings. The van der Waals surface area contributed by atoms with Crippen LogP contribution in [0.2, 0.25) is 0 Å². The lowest BCUT2D eigenvalue weighted by Gasteiger charge is -2.35. The first-order valence-corrected chi connectivity index (χ1v) is 10.8. The molecule has 0 radical (unpaired) electrons. The summed E-state index contributed by atoms with van der Waals surface area (Å²) in [7, 11) is 3.77. The Morgan fingerprint density at radius 1 is 1.14 bits per heavy atom. The highest BCUT2D eigenvalue weighted by Crippen LogP contribution is 2.36. The molecule has 1 atom stereocenters. The summed E-state index contributed by atoms with van der Waals surface area (Å²) >= 11 is 0. The summed E-state index contributed by atoms with van der Waals surface area (Å²) in [5.41, 5.74) is 1.50. The topological polar surface area (TPSA) is 72.5 Å². The second-order valence-corrected chi connectivity index (χ2v) is 8.87. The minimum atomic E-state index is -0.0575. The van der Waals surface area contributed by atoms with E-state index in [1.165, 1.54) is 38.5 Å². The van der Waals surface area contributed by atoms with Crippen LogP contribution in [0.4, 0.5) is 0 Å². The third-order valence-corrected chi connectivity index (χ3v) is 6.54. The van der Waals surface area contributed by atoms with E-state index in [0.717, 1.165) is 24.5 Å². The molecule has 1 saturated heterocycles. The maximum absolute atomic E-state index is 12.9. The number of carbonyl (C=O) groups excluding carboxylic acids is 1. The quantitative estimate of drug-likeness (QED) is 0.851. The number of nitrogens with one attached hydrogen (secondary N) is 1. The predicted molar refractivity (Wildman–Crippen MR) is 108 cm³/mol. The van der Waals surface area contributed by atoms with Crippen LogP contribution in [0.1, 0.15) is 68.1 Å². The Kier molecular flexibility index (Phi) is 5.83. The van der Waals surface area contributed by atoms with Gasteiger partial charge in [-0.25, -0.2) is 4.98 Å². The molecule has 0 spiro atoms. The molecule has 28 heavy (non-hydrogen) atoms. The summed E-state index contributed by atoms with van der Waals surface area (Å²) in [6.45, 7) is 2.51.